The third-order valence-electron chi connectivity index (χ3n) is 9.81. The fourth-order valence-corrected chi connectivity index (χ4v) is 8.25. The van der Waals surface area contributed by atoms with Gasteiger partial charge in [-0.3, -0.25) is 9.59 Å². The topological polar surface area (TPSA) is 68.4 Å². The van der Waals surface area contributed by atoms with Crippen molar-refractivity contribution in [2.45, 2.75) is 89.6 Å². The van der Waals surface area contributed by atoms with Gasteiger partial charge in [-0.25, -0.2) is 0 Å². The first-order chi connectivity index (χ1) is 13.8. The van der Waals surface area contributed by atoms with Gasteiger partial charge in [0.2, 0.25) is 0 Å². The van der Waals surface area contributed by atoms with E-state index in [0.29, 0.717) is 24.4 Å². The first-order valence-corrected chi connectivity index (χ1v) is 11.5. The average Bonchev–Trinajstić information content (AvgIpc) is 3.58. The van der Waals surface area contributed by atoms with Crippen LogP contribution in [0, 0.1) is 28.6 Å². The van der Waals surface area contributed by atoms with Crippen LogP contribution >= 0.6 is 0 Å². The minimum Gasteiger partial charge on any atom is -0.462 e. The van der Waals surface area contributed by atoms with E-state index >= 15 is 0 Å². The number of rotatable bonds is 3. The van der Waals surface area contributed by atoms with Gasteiger partial charge in [0, 0.05) is 18.8 Å². The predicted octanol–water partition coefficient (Wildman–Crippen LogP) is 3.60. The van der Waals surface area contributed by atoms with Crippen molar-refractivity contribution in [2.24, 2.45) is 28.6 Å². The Morgan fingerprint density at radius 2 is 1.97 bits per heavy atom. The molecule has 0 aromatic carbocycles. The van der Waals surface area contributed by atoms with Crippen LogP contribution < -0.4 is 0 Å². The highest BCUT2D eigenvalue weighted by Crippen LogP contribution is 2.73. The number of allylic oxidation sites excluding steroid dienone is 1. The highest BCUT2D eigenvalue weighted by atomic mass is 16.6. The summed E-state index contributed by atoms with van der Waals surface area (Å²) in [4.78, 5) is 24.5. The van der Waals surface area contributed by atoms with Gasteiger partial charge in [-0.05, 0) is 61.7 Å². The standard InChI is InChI=1S/C24H32O5/c1-13(25)28-15-6-8-22(2)14(10-15)4-5-16-17(22)7-9-23(3)18(16)11-20-24(23,29-20)21(26)19-12-27-19/h4,15-20H,5-12H2,1-3H3/t15-,16+,17-,18-,19-,20+,22-,23-,24+/m0/s1. The van der Waals surface area contributed by atoms with Gasteiger partial charge in [-0.2, -0.15) is 0 Å². The lowest BCUT2D eigenvalue weighted by Crippen LogP contribution is -2.55. The van der Waals surface area contributed by atoms with Gasteiger partial charge in [0.15, 0.2) is 11.4 Å². The molecule has 3 saturated carbocycles. The van der Waals surface area contributed by atoms with Gasteiger partial charge in [-0.1, -0.05) is 25.5 Å². The van der Waals surface area contributed by atoms with Gasteiger partial charge in [0.05, 0.1) is 12.7 Å². The molecule has 0 N–H and O–H groups in total. The first-order valence-electron chi connectivity index (χ1n) is 11.5. The van der Waals surface area contributed by atoms with Crippen LogP contribution in [0.5, 0.6) is 0 Å². The Bertz CT molecular complexity index is 814. The third-order valence-corrected chi connectivity index (χ3v) is 9.81. The molecule has 5 heteroatoms. The van der Waals surface area contributed by atoms with E-state index in [1.807, 2.05) is 0 Å². The Hall–Kier alpha value is -1.20. The van der Waals surface area contributed by atoms with Crippen molar-refractivity contribution in [1.82, 2.24) is 0 Å². The summed E-state index contributed by atoms with van der Waals surface area (Å²) in [6, 6.07) is 0. The average molecular weight is 401 g/mol. The number of esters is 1. The molecule has 6 rings (SSSR count). The Kier molecular flexibility index (Phi) is 3.67. The highest BCUT2D eigenvalue weighted by Gasteiger charge is 2.81. The van der Waals surface area contributed by atoms with E-state index in [2.05, 4.69) is 19.9 Å². The summed E-state index contributed by atoms with van der Waals surface area (Å²) in [5.41, 5.74) is 1.13. The van der Waals surface area contributed by atoms with Crippen LogP contribution in [-0.2, 0) is 23.8 Å². The lowest BCUT2D eigenvalue weighted by atomic mass is 9.47. The third kappa shape index (κ3) is 2.29. The molecule has 2 saturated heterocycles. The zero-order valence-electron chi connectivity index (χ0n) is 17.7. The smallest absolute Gasteiger partial charge is 0.302 e. The summed E-state index contributed by atoms with van der Waals surface area (Å²) in [6.07, 6.45) is 9.75. The minimum absolute atomic E-state index is 0.0431. The van der Waals surface area contributed by atoms with Crippen molar-refractivity contribution in [3.05, 3.63) is 11.6 Å². The lowest BCUT2D eigenvalue weighted by Gasteiger charge is -2.58. The fourth-order valence-electron chi connectivity index (χ4n) is 8.25. The van der Waals surface area contributed by atoms with Crippen LogP contribution in [0.3, 0.4) is 0 Å². The molecular weight excluding hydrogens is 368 g/mol. The van der Waals surface area contributed by atoms with Crippen LogP contribution in [-0.4, -0.2) is 42.3 Å². The van der Waals surface area contributed by atoms with Gasteiger partial charge in [0.25, 0.3) is 0 Å². The molecule has 4 aliphatic carbocycles. The molecule has 0 unspecified atom stereocenters. The number of fused-ring (bicyclic) bond motifs is 7. The van der Waals surface area contributed by atoms with Crippen molar-refractivity contribution in [3.8, 4) is 0 Å². The summed E-state index contributed by atoms with van der Waals surface area (Å²) in [7, 11) is 0. The van der Waals surface area contributed by atoms with E-state index < -0.39 is 5.60 Å². The van der Waals surface area contributed by atoms with Crippen molar-refractivity contribution >= 4 is 11.8 Å². The van der Waals surface area contributed by atoms with E-state index in [1.165, 1.54) is 18.9 Å². The lowest BCUT2D eigenvalue weighted by molar-refractivity contribution is -0.149. The Morgan fingerprint density at radius 1 is 1.17 bits per heavy atom. The Morgan fingerprint density at radius 3 is 2.69 bits per heavy atom. The number of Topliss-reactive ketones (excluding diaryl/α,β-unsaturated/α-hetero) is 1. The molecule has 0 spiro atoms. The van der Waals surface area contributed by atoms with E-state index in [0.717, 1.165) is 38.5 Å². The van der Waals surface area contributed by atoms with Crippen molar-refractivity contribution < 1.29 is 23.8 Å². The maximum Gasteiger partial charge on any atom is 0.302 e. The van der Waals surface area contributed by atoms with E-state index in [4.69, 9.17) is 14.2 Å². The molecule has 0 bridgehead atoms. The summed E-state index contributed by atoms with van der Waals surface area (Å²) in [5.74, 6) is 1.92. The quantitative estimate of drug-likeness (QED) is 0.411. The number of carbonyl (C=O) groups is 2. The fraction of sp³-hybridized carbons (Fsp3) is 0.833. The molecular formula is C24H32O5. The molecule has 0 amide bonds. The van der Waals surface area contributed by atoms with E-state index in [-0.39, 0.29) is 40.9 Å². The van der Waals surface area contributed by atoms with Crippen molar-refractivity contribution in [1.29, 1.82) is 0 Å². The largest absolute Gasteiger partial charge is 0.462 e. The molecule has 0 aromatic heterocycles. The van der Waals surface area contributed by atoms with Gasteiger partial charge < -0.3 is 14.2 Å². The van der Waals surface area contributed by atoms with Crippen LogP contribution in [0.1, 0.15) is 65.7 Å². The number of hydrogen-bond donors (Lipinski definition) is 0. The van der Waals surface area contributed by atoms with Crippen molar-refractivity contribution in [2.75, 3.05) is 6.61 Å². The first kappa shape index (κ1) is 18.6. The van der Waals surface area contributed by atoms with E-state index in [9.17, 15) is 9.59 Å². The molecule has 9 atom stereocenters. The molecule has 5 fully saturated rings. The zero-order chi connectivity index (χ0) is 20.2. The van der Waals surface area contributed by atoms with Gasteiger partial charge in [0.1, 0.15) is 12.2 Å². The monoisotopic (exact) mass is 400 g/mol. The molecule has 2 heterocycles. The van der Waals surface area contributed by atoms with Crippen LogP contribution in [0.4, 0.5) is 0 Å². The summed E-state index contributed by atoms with van der Waals surface area (Å²) in [5, 5.41) is 0. The molecule has 6 aliphatic rings. The second-order valence-corrected chi connectivity index (χ2v) is 11.0. The molecule has 2 aliphatic heterocycles. The predicted molar refractivity (Wildman–Crippen MR) is 105 cm³/mol. The maximum atomic E-state index is 13.1. The minimum atomic E-state index is -0.554. The second kappa shape index (κ2) is 5.73. The number of ketones is 1. The number of epoxide rings is 2. The van der Waals surface area contributed by atoms with E-state index in [1.54, 1.807) is 0 Å². The molecule has 29 heavy (non-hydrogen) atoms. The number of carbonyl (C=O) groups excluding carboxylic acids is 2. The highest BCUT2D eigenvalue weighted by molar-refractivity contribution is 5.97. The van der Waals surface area contributed by atoms with Crippen LogP contribution in [0.25, 0.3) is 0 Å². The Labute approximate surface area is 172 Å². The summed E-state index contributed by atoms with van der Waals surface area (Å²) < 4.78 is 17.0. The molecule has 0 aromatic rings. The Balaban J connectivity index is 1.28. The summed E-state index contributed by atoms with van der Waals surface area (Å²) in [6.45, 7) is 6.88. The normalized spacial score (nSPS) is 54.2. The molecule has 158 valence electrons. The van der Waals surface area contributed by atoms with Gasteiger partial charge in [-0.15, -0.1) is 0 Å². The van der Waals surface area contributed by atoms with Crippen molar-refractivity contribution in [3.63, 3.8) is 0 Å². The van der Waals surface area contributed by atoms with Crippen LogP contribution in [0.15, 0.2) is 11.6 Å². The van der Waals surface area contributed by atoms with Gasteiger partial charge >= 0.3 is 5.97 Å². The van der Waals surface area contributed by atoms with Crippen LogP contribution in [0.2, 0.25) is 0 Å². The maximum absolute atomic E-state index is 13.1. The number of hydrogen-bond acceptors (Lipinski definition) is 5. The molecule has 5 nitrogen and oxygen atoms in total. The molecule has 0 radical (unpaired) electrons. The number of ether oxygens (including phenoxy) is 3. The summed E-state index contributed by atoms with van der Waals surface area (Å²) >= 11 is 0. The second-order valence-electron chi connectivity index (χ2n) is 11.0. The SMILES string of the molecule is CC(=O)O[C@H]1CC[C@@]2(C)C(=CC[C@@H]3[C@@H]2CC[C@@]2(C)[C@H]3C[C@H]3O[C@@]32C(=O)[C@@H]2CO2)C1. The zero-order valence-corrected chi connectivity index (χ0v) is 17.7.